The van der Waals surface area contributed by atoms with Gasteiger partial charge in [-0.15, -0.1) is 0 Å². The average molecular weight is 572 g/mol. The van der Waals surface area contributed by atoms with Crippen LogP contribution in [0.5, 0.6) is 0 Å². The first kappa shape index (κ1) is 32.7. The van der Waals surface area contributed by atoms with E-state index in [9.17, 15) is 0 Å². The van der Waals surface area contributed by atoms with Gasteiger partial charge in [0.1, 0.15) is 7.05 Å². The summed E-state index contributed by atoms with van der Waals surface area (Å²) in [5, 5.41) is 0. The zero-order valence-corrected chi connectivity index (χ0v) is 26.0. The Kier molecular flexibility index (Phi) is 16.0. The normalized spacial score (nSPS) is 12.4. The van der Waals surface area contributed by atoms with Gasteiger partial charge in [0.05, 0.1) is 0 Å². The molecule has 0 saturated carbocycles. The first-order valence-corrected chi connectivity index (χ1v) is 15.8. The second-order valence-electron chi connectivity index (χ2n) is 9.03. The number of aliphatic imine (C=N–C) groups is 1. The number of nitrogens with zero attached hydrogens (tertiary/aromatic N) is 4. The summed E-state index contributed by atoms with van der Waals surface area (Å²) in [7, 11) is 11.9. The second-order valence-corrected chi connectivity index (χ2v) is 11.7. The lowest BCUT2D eigenvalue weighted by Crippen LogP contribution is -2.21. The average Bonchev–Trinajstić information content (AvgIpc) is 2.97. The number of likely N-dealkylation sites (N-methyl/N-ethyl adjacent to an activating group) is 1. The molecule has 0 aliphatic heterocycles. The van der Waals surface area contributed by atoms with Gasteiger partial charge in [-0.05, 0) is 60.2 Å². The van der Waals surface area contributed by atoms with Crippen molar-refractivity contribution in [2.45, 2.75) is 0 Å². The van der Waals surface area contributed by atoms with Crippen molar-refractivity contribution in [2.24, 2.45) is 4.99 Å². The van der Waals surface area contributed by atoms with Gasteiger partial charge < -0.3 is 9.80 Å². The molecule has 0 saturated heterocycles. The number of hydrogen-bond donors (Lipinski definition) is 0. The minimum atomic E-state index is 0.916. The van der Waals surface area contributed by atoms with E-state index in [-0.39, 0.29) is 0 Å². The third-order valence-corrected chi connectivity index (χ3v) is 8.35. The maximum absolute atomic E-state index is 4.07. The van der Waals surface area contributed by atoms with Crippen LogP contribution in [0.4, 0.5) is 11.4 Å². The monoisotopic (exact) mass is 571 g/mol. The minimum Gasteiger partial charge on any atom is -0.374 e. The van der Waals surface area contributed by atoms with Crippen LogP contribution in [0, 0.1) is 0 Å². The smallest absolute Gasteiger partial charge is 0.197 e. The van der Waals surface area contributed by atoms with E-state index in [0.29, 0.717) is 0 Å². The molecule has 0 atom stereocenters. The molecular weight excluding hydrogens is 529 g/mol. The summed E-state index contributed by atoms with van der Waals surface area (Å²) in [6.45, 7) is 9.82. The second kappa shape index (κ2) is 19.6. The molecule has 0 N–H and O–H groups in total. The summed E-state index contributed by atoms with van der Waals surface area (Å²) in [4.78, 5) is 8.53. The lowest BCUT2D eigenvalue weighted by atomic mass is 10.1. The van der Waals surface area contributed by atoms with Crippen LogP contribution in [0.1, 0.15) is 11.1 Å². The molecule has 0 spiro atoms. The highest BCUT2D eigenvalue weighted by Crippen LogP contribution is 2.23. The number of rotatable bonds is 17. The van der Waals surface area contributed by atoms with Gasteiger partial charge >= 0.3 is 0 Å². The zero-order chi connectivity index (χ0) is 29.0. The van der Waals surface area contributed by atoms with Crippen LogP contribution in [0.25, 0.3) is 12.2 Å². The Morgan fingerprint density at radius 3 is 1.82 bits per heavy atom. The van der Waals surface area contributed by atoms with Gasteiger partial charge in [0.15, 0.2) is 11.9 Å². The predicted octanol–water partition coefficient (Wildman–Crippen LogP) is 7.89. The maximum Gasteiger partial charge on any atom is 0.197 e. The first-order chi connectivity index (χ1) is 19.4. The molecule has 2 rings (SSSR count). The SMILES string of the molecule is C=CC=[N+](C)C(=C)/C=C/c1ccc(N(C)CCSSCCN(C)c2ccc(/C=C/C=C/C=C\C=NC)cc2)cc1. The van der Waals surface area contributed by atoms with Crippen molar-refractivity contribution in [1.29, 1.82) is 0 Å². The summed E-state index contributed by atoms with van der Waals surface area (Å²) in [6, 6.07) is 17.3. The largest absolute Gasteiger partial charge is 0.374 e. The molecule has 0 amide bonds. The fourth-order valence-corrected chi connectivity index (χ4v) is 5.55. The predicted molar refractivity (Wildman–Crippen MR) is 187 cm³/mol. The van der Waals surface area contributed by atoms with E-state index in [0.717, 1.165) is 35.9 Å². The fourth-order valence-electron chi connectivity index (χ4n) is 3.46. The van der Waals surface area contributed by atoms with Gasteiger partial charge in [-0.3, -0.25) is 4.99 Å². The van der Waals surface area contributed by atoms with Crippen LogP contribution in [-0.2, 0) is 0 Å². The van der Waals surface area contributed by atoms with Gasteiger partial charge in [0, 0.05) is 69.4 Å². The third kappa shape index (κ3) is 13.0. The lowest BCUT2D eigenvalue weighted by Gasteiger charge is -2.20. The summed E-state index contributed by atoms with van der Waals surface area (Å²) >= 11 is 0. The van der Waals surface area contributed by atoms with Crippen LogP contribution < -0.4 is 9.80 Å². The molecule has 0 aromatic heterocycles. The van der Waals surface area contributed by atoms with E-state index in [4.69, 9.17) is 0 Å². The number of hydrogen-bond acceptors (Lipinski definition) is 5. The van der Waals surface area contributed by atoms with E-state index in [1.165, 1.54) is 16.9 Å². The van der Waals surface area contributed by atoms with E-state index in [1.54, 1.807) is 19.3 Å². The Morgan fingerprint density at radius 2 is 1.30 bits per heavy atom. The van der Waals surface area contributed by atoms with E-state index in [1.807, 2.05) is 75.9 Å². The van der Waals surface area contributed by atoms with Gasteiger partial charge in [0.25, 0.3) is 0 Å². The maximum atomic E-state index is 4.07. The molecule has 2 aromatic rings. The summed E-state index contributed by atoms with van der Waals surface area (Å²) in [5.74, 6) is 2.16. The molecule has 40 heavy (non-hydrogen) atoms. The highest BCUT2D eigenvalue weighted by atomic mass is 33.1. The summed E-state index contributed by atoms with van der Waals surface area (Å²) in [5.41, 5.74) is 5.73. The van der Waals surface area contributed by atoms with E-state index in [2.05, 4.69) is 103 Å². The minimum absolute atomic E-state index is 0.916. The Hall–Kier alpha value is -3.48. The molecule has 210 valence electrons. The standard InChI is InChI=1S/C34H43N4S2/c1-7-25-36(4)30(2)14-15-32-18-22-34(23-19-32)38(6)27-29-40-39-28-26-37(5)33-20-16-31(17-21-33)13-11-9-8-10-12-24-35-3/h7-25H,1-2,26-29H2,3-6H3/q+1/b9-8+,12-10-,13-11+,15-14+,35-24?,36-25?. The van der Waals surface area contributed by atoms with Crippen LogP contribution in [0.15, 0.2) is 115 Å². The van der Waals surface area contributed by atoms with Crippen molar-refractivity contribution < 1.29 is 4.58 Å². The van der Waals surface area contributed by atoms with Gasteiger partial charge in [0.2, 0.25) is 0 Å². The lowest BCUT2D eigenvalue weighted by molar-refractivity contribution is -0.431. The molecule has 0 bridgehead atoms. The Bertz CT molecular complexity index is 1220. The molecule has 0 fully saturated rings. The van der Waals surface area contributed by atoms with Crippen molar-refractivity contribution in [2.75, 3.05) is 62.6 Å². The van der Waals surface area contributed by atoms with Crippen molar-refractivity contribution in [1.82, 2.24) is 0 Å². The van der Waals surface area contributed by atoms with Crippen LogP contribution in [-0.4, -0.2) is 69.8 Å². The molecular formula is C34H43N4S2+. The highest BCUT2D eigenvalue weighted by molar-refractivity contribution is 8.76. The molecule has 2 aromatic carbocycles. The third-order valence-electron chi connectivity index (χ3n) is 5.99. The molecule has 0 radical (unpaired) electrons. The van der Waals surface area contributed by atoms with Gasteiger partial charge in [-0.2, -0.15) is 0 Å². The van der Waals surface area contributed by atoms with Crippen LogP contribution >= 0.6 is 21.6 Å². The molecule has 4 nitrogen and oxygen atoms in total. The highest BCUT2D eigenvalue weighted by Gasteiger charge is 2.04. The number of allylic oxidation sites excluding steroid dienone is 7. The molecule has 6 heteroatoms. The van der Waals surface area contributed by atoms with E-state index >= 15 is 0 Å². The Morgan fingerprint density at radius 1 is 0.800 bits per heavy atom. The molecule has 0 aliphatic rings. The zero-order valence-electron chi connectivity index (χ0n) is 24.3. The fraction of sp³-hybridized carbons (Fsp3) is 0.235. The van der Waals surface area contributed by atoms with Crippen LogP contribution in [0.2, 0.25) is 0 Å². The van der Waals surface area contributed by atoms with Crippen molar-refractivity contribution >= 4 is 57.5 Å². The van der Waals surface area contributed by atoms with Crippen molar-refractivity contribution in [3.63, 3.8) is 0 Å². The van der Waals surface area contributed by atoms with Gasteiger partial charge in [-0.25, -0.2) is 4.58 Å². The van der Waals surface area contributed by atoms with Gasteiger partial charge in [-0.1, -0.05) is 82.8 Å². The molecule has 0 unspecified atom stereocenters. The summed E-state index contributed by atoms with van der Waals surface area (Å²) in [6.07, 6.45) is 21.6. The Labute approximate surface area is 250 Å². The van der Waals surface area contributed by atoms with Crippen molar-refractivity contribution in [3.05, 3.63) is 121 Å². The quantitative estimate of drug-likeness (QED) is 0.0633. The van der Waals surface area contributed by atoms with Crippen molar-refractivity contribution in [3.8, 4) is 0 Å². The molecule has 0 heterocycles. The number of anilines is 2. The molecule has 0 aliphatic carbocycles. The topological polar surface area (TPSA) is 21.9 Å². The van der Waals surface area contributed by atoms with E-state index < -0.39 is 0 Å². The summed E-state index contributed by atoms with van der Waals surface area (Å²) < 4.78 is 1.95. The first-order valence-electron chi connectivity index (χ1n) is 13.3. The number of benzene rings is 2. The Balaban J connectivity index is 1.66. The van der Waals surface area contributed by atoms with Crippen LogP contribution in [0.3, 0.4) is 0 Å².